The van der Waals surface area contributed by atoms with Crippen molar-refractivity contribution < 1.29 is 9.53 Å². The highest BCUT2D eigenvalue weighted by atomic mass is 32.2. The van der Waals surface area contributed by atoms with Crippen LogP contribution in [-0.4, -0.2) is 29.6 Å². The fourth-order valence-corrected chi connectivity index (χ4v) is 2.80. The minimum absolute atomic E-state index is 0.255. The number of hydrogen-bond donors (Lipinski definition) is 1. The van der Waals surface area contributed by atoms with Crippen molar-refractivity contribution in [3.63, 3.8) is 0 Å². The average Bonchev–Trinajstić information content (AvgIpc) is 2.57. The van der Waals surface area contributed by atoms with Gasteiger partial charge in [-0.3, -0.25) is 4.79 Å². The molecule has 2 N–H and O–H groups in total. The molecule has 0 bridgehead atoms. The molecule has 1 heterocycles. The van der Waals surface area contributed by atoms with Crippen molar-refractivity contribution in [2.45, 2.75) is 37.5 Å². The molecule has 1 saturated heterocycles. The third-order valence-corrected chi connectivity index (χ3v) is 3.55. The first-order valence-electron chi connectivity index (χ1n) is 4.78. The van der Waals surface area contributed by atoms with Crippen LogP contribution >= 0.6 is 11.8 Å². The molecule has 1 aliphatic rings. The second-order valence-electron chi connectivity index (χ2n) is 3.23. The molecule has 0 aromatic carbocycles. The molecule has 0 radical (unpaired) electrons. The summed E-state index contributed by atoms with van der Waals surface area (Å²) in [4.78, 5) is 11.2. The Morgan fingerprint density at radius 2 is 2.54 bits per heavy atom. The van der Waals surface area contributed by atoms with Crippen molar-refractivity contribution in [1.82, 2.24) is 0 Å². The summed E-state index contributed by atoms with van der Waals surface area (Å²) in [5.74, 6) is 0.954. The van der Waals surface area contributed by atoms with Gasteiger partial charge in [-0.2, -0.15) is 11.8 Å². The normalized spacial score (nSPS) is 24.3. The summed E-state index contributed by atoms with van der Waals surface area (Å²) < 4.78 is 4.84. The molecular formula is C9H17NO2S. The Bertz CT molecular complexity index is 169. The van der Waals surface area contributed by atoms with E-state index in [1.807, 2.05) is 11.8 Å². The lowest BCUT2D eigenvalue weighted by Gasteiger charge is -2.14. The molecule has 1 fully saturated rings. The van der Waals surface area contributed by atoms with Crippen molar-refractivity contribution in [1.29, 1.82) is 0 Å². The van der Waals surface area contributed by atoms with Gasteiger partial charge in [0.05, 0.1) is 6.61 Å². The summed E-state index contributed by atoms with van der Waals surface area (Å²) >= 11 is 1.92. The highest BCUT2D eigenvalue weighted by Crippen LogP contribution is 2.29. The maximum atomic E-state index is 11.2. The van der Waals surface area contributed by atoms with Crippen LogP contribution in [0.2, 0.25) is 0 Å². The van der Waals surface area contributed by atoms with Gasteiger partial charge in [-0.25, -0.2) is 0 Å². The highest BCUT2D eigenvalue weighted by Gasteiger charge is 2.23. The van der Waals surface area contributed by atoms with E-state index in [0.717, 1.165) is 6.42 Å². The maximum Gasteiger partial charge on any atom is 0.322 e. The molecule has 2 unspecified atom stereocenters. The third kappa shape index (κ3) is 3.56. The van der Waals surface area contributed by atoms with E-state index >= 15 is 0 Å². The van der Waals surface area contributed by atoms with E-state index in [1.54, 1.807) is 6.92 Å². The van der Waals surface area contributed by atoms with Crippen LogP contribution in [0.3, 0.4) is 0 Å². The van der Waals surface area contributed by atoms with Gasteiger partial charge < -0.3 is 10.5 Å². The van der Waals surface area contributed by atoms with Crippen LogP contribution < -0.4 is 5.73 Å². The standard InChI is InChI=1S/C9H17NO2S/c1-2-12-9(11)8(10)6-7-4-3-5-13-7/h7-8H,2-6,10H2,1H3. The van der Waals surface area contributed by atoms with Crippen LogP contribution in [0.25, 0.3) is 0 Å². The third-order valence-electron chi connectivity index (χ3n) is 2.13. The zero-order chi connectivity index (χ0) is 9.68. The summed E-state index contributed by atoms with van der Waals surface area (Å²) in [7, 11) is 0. The predicted octanol–water partition coefficient (Wildman–Crippen LogP) is 1.16. The van der Waals surface area contributed by atoms with Gasteiger partial charge in [0.1, 0.15) is 6.04 Å². The van der Waals surface area contributed by atoms with Gasteiger partial charge >= 0.3 is 5.97 Å². The number of nitrogens with two attached hydrogens (primary N) is 1. The zero-order valence-corrected chi connectivity index (χ0v) is 8.81. The molecular weight excluding hydrogens is 186 g/mol. The monoisotopic (exact) mass is 203 g/mol. The number of carbonyl (C=O) groups excluding carboxylic acids is 1. The van der Waals surface area contributed by atoms with Crippen molar-refractivity contribution in [3.05, 3.63) is 0 Å². The quantitative estimate of drug-likeness (QED) is 0.697. The topological polar surface area (TPSA) is 52.3 Å². The van der Waals surface area contributed by atoms with Crippen molar-refractivity contribution in [2.24, 2.45) is 5.73 Å². The van der Waals surface area contributed by atoms with Crippen LogP contribution in [0.15, 0.2) is 0 Å². The lowest BCUT2D eigenvalue weighted by Crippen LogP contribution is -2.34. The highest BCUT2D eigenvalue weighted by molar-refractivity contribution is 8.00. The summed E-state index contributed by atoms with van der Waals surface area (Å²) in [6, 6.07) is -0.421. The van der Waals surface area contributed by atoms with Gasteiger partial charge in [-0.1, -0.05) is 0 Å². The molecule has 0 amide bonds. The van der Waals surface area contributed by atoms with E-state index in [1.165, 1.54) is 18.6 Å². The number of ether oxygens (including phenoxy) is 1. The minimum Gasteiger partial charge on any atom is -0.465 e. The predicted molar refractivity (Wildman–Crippen MR) is 54.7 cm³/mol. The van der Waals surface area contributed by atoms with Gasteiger partial charge in [0.2, 0.25) is 0 Å². The molecule has 0 aromatic heterocycles. The smallest absolute Gasteiger partial charge is 0.322 e. The van der Waals surface area contributed by atoms with Gasteiger partial charge in [-0.05, 0) is 31.9 Å². The van der Waals surface area contributed by atoms with Crippen molar-refractivity contribution >= 4 is 17.7 Å². The van der Waals surface area contributed by atoms with E-state index in [2.05, 4.69) is 0 Å². The number of esters is 1. The molecule has 13 heavy (non-hydrogen) atoms. The molecule has 0 spiro atoms. The first-order chi connectivity index (χ1) is 6.24. The van der Waals surface area contributed by atoms with E-state index in [0.29, 0.717) is 11.9 Å². The second kappa shape index (κ2) is 5.50. The Morgan fingerprint density at radius 1 is 1.77 bits per heavy atom. The van der Waals surface area contributed by atoms with Gasteiger partial charge in [0, 0.05) is 5.25 Å². The van der Waals surface area contributed by atoms with Gasteiger partial charge in [0.15, 0.2) is 0 Å². The molecule has 76 valence electrons. The molecule has 0 aliphatic carbocycles. The Labute approximate surface area is 83.4 Å². The van der Waals surface area contributed by atoms with E-state index in [-0.39, 0.29) is 5.97 Å². The lowest BCUT2D eigenvalue weighted by molar-refractivity contribution is -0.144. The molecule has 2 atom stereocenters. The molecule has 1 aliphatic heterocycles. The first-order valence-corrected chi connectivity index (χ1v) is 5.82. The Hall–Kier alpha value is -0.220. The molecule has 1 rings (SSSR count). The van der Waals surface area contributed by atoms with E-state index in [4.69, 9.17) is 10.5 Å². The first kappa shape index (κ1) is 10.9. The summed E-state index contributed by atoms with van der Waals surface area (Å²) in [5.41, 5.74) is 5.70. The fraction of sp³-hybridized carbons (Fsp3) is 0.889. The number of carbonyl (C=O) groups is 1. The van der Waals surface area contributed by atoms with Crippen LogP contribution in [0.4, 0.5) is 0 Å². The molecule has 4 heteroatoms. The number of hydrogen-bond acceptors (Lipinski definition) is 4. The second-order valence-corrected chi connectivity index (χ2v) is 4.64. The average molecular weight is 203 g/mol. The van der Waals surface area contributed by atoms with Crippen LogP contribution in [0.1, 0.15) is 26.2 Å². The largest absolute Gasteiger partial charge is 0.465 e. The Kier molecular flexibility index (Phi) is 4.59. The Balaban J connectivity index is 2.22. The zero-order valence-electron chi connectivity index (χ0n) is 7.99. The van der Waals surface area contributed by atoms with Crippen LogP contribution in [-0.2, 0) is 9.53 Å². The van der Waals surface area contributed by atoms with Crippen molar-refractivity contribution in [2.75, 3.05) is 12.4 Å². The SMILES string of the molecule is CCOC(=O)C(N)CC1CCCS1. The van der Waals surface area contributed by atoms with Crippen LogP contribution in [0.5, 0.6) is 0 Å². The van der Waals surface area contributed by atoms with E-state index < -0.39 is 6.04 Å². The lowest BCUT2D eigenvalue weighted by atomic mass is 10.1. The van der Waals surface area contributed by atoms with Gasteiger partial charge in [0.25, 0.3) is 0 Å². The van der Waals surface area contributed by atoms with Crippen molar-refractivity contribution in [3.8, 4) is 0 Å². The summed E-state index contributed by atoms with van der Waals surface area (Å²) in [6.07, 6.45) is 3.21. The van der Waals surface area contributed by atoms with Crippen LogP contribution in [0, 0.1) is 0 Å². The number of thioether (sulfide) groups is 1. The summed E-state index contributed by atoms with van der Waals surface area (Å²) in [6.45, 7) is 2.22. The maximum absolute atomic E-state index is 11.2. The fourth-order valence-electron chi connectivity index (χ4n) is 1.46. The minimum atomic E-state index is -0.421. The molecule has 0 saturated carbocycles. The molecule has 3 nitrogen and oxygen atoms in total. The Morgan fingerprint density at radius 3 is 3.08 bits per heavy atom. The van der Waals surface area contributed by atoms with Gasteiger partial charge in [-0.15, -0.1) is 0 Å². The molecule has 0 aromatic rings. The van der Waals surface area contributed by atoms with E-state index in [9.17, 15) is 4.79 Å². The summed E-state index contributed by atoms with van der Waals surface area (Å²) in [5, 5.41) is 0.569. The number of rotatable bonds is 4.